The van der Waals surface area contributed by atoms with E-state index in [-0.39, 0.29) is 24.7 Å². The zero-order chi connectivity index (χ0) is 78.4. The maximum Gasteiger partial charge on any atom is 0.0640 e. The number of unbranched alkanes of at least 4 members (excludes halogenated alkanes) is 40. The Hall–Kier alpha value is 2.48. The van der Waals surface area contributed by atoms with Crippen LogP contribution in [0.5, 0.6) is 0 Å². The zero-order valence-corrected chi connectivity index (χ0v) is 80.9. The number of hydrogen-bond acceptors (Lipinski definition) is 16. The molecule has 5 heterocycles. The topological polar surface area (TPSA) is 96.2 Å². The lowest BCUT2D eigenvalue weighted by molar-refractivity contribution is 0.174. The van der Waals surface area contributed by atoms with Crippen molar-refractivity contribution in [2.24, 2.45) is 47.3 Å². The molecule has 112 heavy (non-hydrogen) atoms. The van der Waals surface area contributed by atoms with E-state index in [0.717, 1.165) is 0 Å². The molecule has 4 aliphatic carbocycles. The fourth-order valence-electron chi connectivity index (χ4n) is 22.4. The highest BCUT2D eigenvalue weighted by Crippen LogP contribution is 2.59. The molecule has 0 aromatic rings. The van der Waals surface area contributed by atoms with Crippen molar-refractivity contribution in [1.29, 1.82) is 0 Å². The average Bonchev–Trinajstić information content (AvgIpc) is 1.54. The van der Waals surface area contributed by atoms with Crippen molar-refractivity contribution in [2.75, 3.05) is 46.0 Å². The van der Waals surface area contributed by atoms with Crippen LogP contribution in [0.25, 0.3) is 0 Å². The predicted octanol–water partition coefficient (Wildman–Crippen LogP) is 27.2. The predicted molar refractivity (Wildman–Crippen MR) is 517 cm³/mol. The Morgan fingerprint density at radius 2 is 0.295 bits per heavy atom. The summed E-state index contributed by atoms with van der Waals surface area (Å²) in [5, 5.41) is 43.7. The summed E-state index contributed by atoms with van der Waals surface area (Å²) in [5.41, 5.74) is 0. The molecule has 24 unspecified atom stereocenters. The highest BCUT2D eigenvalue weighted by atomic mass is 32.2. The number of nitrogens with one attached hydrogen (secondary N) is 8. The molecule has 0 radical (unpaired) electrons. The van der Waals surface area contributed by atoms with Gasteiger partial charge in [0.1, 0.15) is 0 Å². The second-order valence-electron chi connectivity index (χ2n) is 37.5. The van der Waals surface area contributed by atoms with Crippen molar-refractivity contribution in [3.05, 3.63) is 0 Å². The molecular weight excluding hydrogens is 1520 g/mol. The van der Waals surface area contributed by atoms with Crippen LogP contribution in [-0.4, -0.2) is 137 Å². The van der Waals surface area contributed by atoms with Crippen LogP contribution in [0.1, 0.15) is 415 Å². The molecule has 0 amide bonds. The van der Waals surface area contributed by atoms with Crippen LogP contribution in [0.2, 0.25) is 0 Å². The second kappa shape index (κ2) is 60.2. The van der Waals surface area contributed by atoms with Gasteiger partial charge in [0.2, 0.25) is 0 Å². The Kier molecular flexibility index (Phi) is 52.8. The van der Waals surface area contributed by atoms with Crippen LogP contribution in [0.15, 0.2) is 0 Å². The summed E-state index contributed by atoms with van der Waals surface area (Å²) in [4.78, 5) is 0. The van der Waals surface area contributed by atoms with E-state index >= 15 is 0 Å². The number of rotatable bonds is 64. The van der Waals surface area contributed by atoms with Gasteiger partial charge in [0, 0.05) is 65.7 Å². The first-order valence-electron chi connectivity index (χ1n) is 50.4. The number of thioether (sulfide) groups is 8. The summed E-state index contributed by atoms with van der Waals surface area (Å²) in [6, 6.07) is 0. The lowest BCUT2D eigenvalue weighted by Gasteiger charge is -2.52. The van der Waals surface area contributed by atoms with Crippen molar-refractivity contribution in [3.8, 4) is 0 Å². The number of hydrogen-bond donors (Lipinski definition) is 8. The minimum absolute atomic E-state index is 0.217. The maximum atomic E-state index is 5.14. The van der Waals surface area contributed by atoms with Crippen LogP contribution >= 0.6 is 94.1 Å². The molecule has 24 atom stereocenters. The molecule has 0 aromatic heterocycles. The average molecular weight is 1710 g/mol. The molecule has 0 spiro atoms. The van der Waals surface area contributed by atoms with E-state index in [2.05, 4.69) is 165 Å². The second-order valence-corrected chi connectivity index (χ2v) is 47.8. The van der Waals surface area contributed by atoms with Crippen molar-refractivity contribution in [2.45, 2.75) is 506 Å². The summed E-state index contributed by atoms with van der Waals surface area (Å²) >= 11 is 20.3. The Morgan fingerprint density at radius 3 is 0.464 bits per heavy atom. The monoisotopic (exact) mass is 1710 g/mol. The highest BCUT2D eigenvalue weighted by molar-refractivity contribution is 8.08. The first-order valence-corrected chi connectivity index (χ1v) is 58.8. The van der Waals surface area contributed by atoms with Crippen LogP contribution in [0.4, 0.5) is 0 Å². The summed E-state index contributed by atoms with van der Waals surface area (Å²) < 4.78 is 0. The minimum atomic E-state index is 0.217. The largest absolute Gasteiger partial charge is 0.286 e. The van der Waals surface area contributed by atoms with Gasteiger partial charge in [-0.3, -0.25) is 42.5 Å². The summed E-state index contributed by atoms with van der Waals surface area (Å²) in [7, 11) is 0. The van der Waals surface area contributed by atoms with Gasteiger partial charge in [-0.2, -0.15) is 94.1 Å². The van der Waals surface area contributed by atoms with E-state index in [1.165, 1.54) is 406 Å². The van der Waals surface area contributed by atoms with Crippen LogP contribution < -0.4 is 42.5 Å². The molecule has 9 rings (SSSR count). The van der Waals surface area contributed by atoms with Gasteiger partial charge in [0.15, 0.2) is 0 Å². The molecule has 0 aromatic carbocycles. The molecule has 16 heteroatoms. The molecule has 656 valence electrons. The van der Waals surface area contributed by atoms with Crippen molar-refractivity contribution < 1.29 is 0 Å². The first-order chi connectivity index (χ1) is 55.4. The summed E-state index contributed by atoms with van der Waals surface area (Å²) in [6.45, 7) is 19.3. The quantitative estimate of drug-likeness (QED) is 0.0278. The van der Waals surface area contributed by atoms with Gasteiger partial charge in [0.25, 0.3) is 0 Å². The molecule has 9 aliphatic rings. The van der Waals surface area contributed by atoms with Gasteiger partial charge >= 0.3 is 0 Å². The van der Waals surface area contributed by atoms with E-state index in [1.54, 1.807) is 0 Å². The Morgan fingerprint density at radius 1 is 0.161 bits per heavy atom. The number of fused-ring (bicyclic) bond motifs is 20. The molecule has 8 nitrogen and oxygen atoms in total. The summed E-state index contributed by atoms with van der Waals surface area (Å²) in [6.07, 6.45) is 80.0. The molecule has 5 saturated heterocycles. The van der Waals surface area contributed by atoms with Gasteiger partial charge in [-0.1, -0.05) is 338 Å². The van der Waals surface area contributed by atoms with Crippen molar-refractivity contribution in [1.82, 2.24) is 42.5 Å². The van der Waals surface area contributed by atoms with Gasteiger partial charge < -0.3 is 0 Å². The van der Waals surface area contributed by atoms with E-state index in [1.807, 2.05) is 0 Å². The summed E-state index contributed by atoms with van der Waals surface area (Å²) in [5.74, 6) is 15.4. The molecule has 5 aliphatic heterocycles. The Balaban J connectivity index is 1.20. The lowest BCUT2D eigenvalue weighted by atomic mass is 9.75. The Bertz CT molecular complexity index is 2140. The van der Waals surface area contributed by atoms with E-state index in [0.29, 0.717) is 114 Å². The van der Waals surface area contributed by atoms with Crippen molar-refractivity contribution >= 4 is 94.1 Å². The smallest absolute Gasteiger partial charge is 0.0640 e. The third-order valence-corrected chi connectivity index (χ3v) is 41.8. The fraction of sp³-hybridized carbons (Fsp3) is 1.00. The lowest BCUT2D eigenvalue weighted by Crippen LogP contribution is -2.62. The van der Waals surface area contributed by atoms with E-state index in [9.17, 15) is 0 Å². The fourth-order valence-corrected chi connectivity index (χ4v) is 37.4. The van der Waals surface area contributed by atoms with Gasteiger partial charge in [-0.05, 0) is 147 Å². The van der Waals surface area contributed by atoms with Crippen molar-refractivity contribution in [3.63, 3.8) is 0 Å². The third-order valence-electron chi connectivity index (χ3n) is 28.7. The Labute approximate surface area is 730 Å². The van der Waals surface area contributed by atoms with Crippen LogP contribution in [0, 0.1) is 47.3 Å². The first kappa shape index (κ1) is 98.3. The van der Waals surface area contributed by atoms with E-state index in [4.69, 9.17) is 26.6 Å². The molecule has 8 N–H and O–H groups in total. The highest BCUT2D eigenvalue weighted by Gasteiger charge is 2.64. The van der Waals surface area contributed by atoms with Crippen LogP contribution in [0.3, 0.4) is 0 Å². The van der Waals surface area contributed by atoms with Gasteiger partial charge in [0.05, 0.1) is 49.3 Å². The van der Waals surface area contributed by atoms with Crippen LogP contribution in [-0.2, 0) is 0 Å². The normalized spacial score (nSPS) is 33.6. The zero-order valence-electron chi connectivity index (χ0n) is 74.4. The molecule has 4 saturated carbocycles. The standard InChI is InChI=1S/C96H184N8S8/c1-9-17-25-33-41-53-65-105-81-77-79(83(107-67-55-43-35-27-19-11-3)87(111-71-59-47-39-31-23-15-7)85(81)109-69-57-45-37-29-21-13-5)95-102-93(77)100-91-75-63-51-49-61-73(75)89(98-91)97-90-74-62-50-52-64-76(74)92(99-90)101-94-78-80(96(103-94)104-95)84(108-68-56-44-36-28-20-12-4)88(112-72-60-48-40-32-24-16-8)86(110-70-58-46-38-30-22-14-6)82(78)106-66-54-42-34-26-18-10-2/h73-104H,9-72H2,1-8H3. The molecular formula is C96H184N8S8. The maximum absolute atomic E-state index is 5.14. The van der Waals surface area contributed by atoms with Gasteiger partial charge in [-0.15, -0.1) is 0 Å². The third kappa shape index (κ3) is 32.2. The molecule has 9 fully saturated rings. The minimum Gasteiger partial charge on any atom is -0.286 e. The van der Waals surface area contributed by atoms with E-state index < -0.39 is 0 Å². The SMILES string of the molecule is CCCCCCCCSC1C(SCCCCCCCC)C(SCCCCCCCC)C2C3NC(NC4NC(NC5NC(NC6NC(N3)C3C(SCCCCCCCC)C(SCCCCCCCC)C(SCCCCCCCC)C(SCCCCCCCC)C63)C3CCCCC53)C3CCCCC43)C2C1SCCCCCCCC. The van der Waals surface area contributed by atoms with Gasteiger partial charge in [-0.25, -0.2) is 0 Å². The molecule has 8 bridgehead atoms.